The molecule has 2 N–H and O–H groups in total. The second kappa shape index (κ2) is 9.55. The molecule has 29 heavy (non-hydrogen) atoms. The molecule has 0 spiro atoms. The normalized spacial score (nSPS) is 21.9. The minimum atomic E-state index is 0.103. The van der Waals surface area contributed by atoms with Crippen LogP contribution in [0.1, 0.15) is 42.6 Å². The summed E-state index contributed by atoms with van der Waals surface area (Å²) in [6, 6.07) is 13.3. The molecular weight excluding hydrogens is 362 g/mol. The molecule has 0 bridgehead atoms. The minimum absolute atomic E-state index is 0.103. The number of likely N-dealkylation sites (tertiary alicyclic amines) is 2. The molecule has 2 aliphatic heterocycles. The second-order valence-corrected chi connectivity index (χ2v) is 8.59. The molecule has 156 valence electrons. The number of hydrogen-bond acceptors (Lipinski definition) is 4. The van der Waals surface area contributed by atoms with Gasteiger partial charge in [0.15, 0.2) is 0 Å². The summed E-state index contributed by atoms with van der Waals surface area (Å²) in [7, 11) is 0. The van der Waals surface area contributed by atoms with E-state index in [0.29, 0.717) is 12.6 Å². The average Bonchev–Trinajstić information content (AvgIpc) is 3.18. The zero-order valence-electron chi connectivity index (χ0n) is 17.4. The number of carbonyl (C=O) groups is 1. The Morgan fingerprint density at radius 2 is 1.97 bits per heavy atom. The number of nitrogens with zero attached hydrogens (tertiary/aromatic N) is 3. The fraction of sp³-hybridized carbons (Fsp3) is 0.565. The van der Waals surface area contributed by atoms with E-state index in [4.69, 9.17) is 0 Å². The minimum Gasteiger partial charge on any atom is -0.350 e. The number of nitrogens with one attached hydrogen (secondary N) is 2. The van der Waals surface area contributed by atoms with Gasteiger partial charge >= 0.3 is 0 Å². The summed E-state index contributed by atoms with van der Waals surface area (Å²) in [4.78, 5) is 17.8. The molecule has 0 unspecified atom stereocenters. The lowest BCUT2D eigenvalue weighted by Crippen LogP contribution is -2.50. The van der Waals surface area contributed by atoms with Crippen LogP contribution in [0.5, 0.6) is 0 Å². The van der Waals surface area contributed by atoms with Gasteiger partial charge < -0.3 is 5.32 Å². The Labute approximate surface area is 173 Å². The summed E-state index contributed by atoms with van der Waals surface area (Å²) in [6.45, 7) is 7.85. The maximum Gasteiger partial charge on any atom is 0.224 e. The van der Waals surface area contributed by atoms with Gasteiger partial charge in [0, 0.05) is 24.8 Å². The van der Waals surface area contributed by atoms with E-state index in [1.807, 2.05) is 13.0 Å². The smallest absolute Gasteiger partial charge is 0.224 e. The Balaban J connectivity index is 1.23. The first kappa shape index (κ1) is 20.1. The van der Waals surface area contributed by atoms with Crippen molar-refractivity contribution in [3.8, 4) is 0 Å². The molecule has 6 heteroatoms. The molecular formula is C23H33N5O. The molecule has 1 aromatic heterocycles. The van der Waals surface area contributed by atoms with Gasteiger partial charge in [-0.05, 0) is 63.9 Å². The van der Waals surface area contributed by atoms with E-state index in [9.17, 15) is 4.79 Å². The zero-order chi connectivity index (χ0) is 20.1. The standard InChI is InChI=1S/C23H33N5O/c1-18-14-21(26-25-18)15-24-23(29)20-8-5-11-28(17-20)22-9-12-27(13-10-22)16-19-6-3-2-4-7-19/h2-4,6-7,14,20,22H,5,8-13,15-17H2,1H3,(H,24,29)(H,25,26)/t20-/m0/s1. The van der Waals surface area contributed by atoms with E-state index in [-0.39, 0.29) is 11.8 Å². The quantitative estimate of drug-likeness (QED) is 0.789. The summed E-state index contributed by atoms with van der Waals surface area (Å²) in [5.74, 6) is 0.281. The van der Waals surface area contributed by atoms with Crippen LogP contribution < -0.4 is 5.32 Å². The SMILES string of the molecule is Cc1cc(CNC(=O)[C@H]2CCCN(C3CCN(Cc4ccccc4)CC3)C2)n[nH]1. The lowest BCUT2D eigenvalue weighted by molar-refractivity contribution is -0.127. The first-order valence-electron chi connectivity index (χ1n) is 11.0. The highest BCUT2D eigenvalue weighted by molar-refractivity contribution is 5.78. The van der Waals surface area contributed by atoms with Gasteiger partial charge in [-0.15, -0.1) is 0 Å². The van der Waals surface area contributed by atoms with Crippen molar-refractivity contribution in [2.45, 2.75) is 51.7 Å². The first-order chi connectivity index (χ1) is 14.2. The van der Waals surface area contributed by atoms with Crippen LogP contribution in [0.4, 0.5) is 0 Å². The molecule has 3 heterocycles. The molecule has 0 radical (unpaired) electrons. The number of piperidine rings is 2. The molecule has 0 saturated carbocycles. The van der Waals surface area contributed by atoms with Crippen LogP contribution in [0.25, 0.3) is 0 Å². The van der Waals surface area contributed by atoms with E-state index >= 15 is 0 Å². The van der Waals surface area contributed by atoms with Crippen molar-refractivity contribution in [3.05, 3.63) is 53.3 Å². The molecule has 1 atom stereocenters. The van der Waals surface area contributed by atoms with Crippen LogP contribution in [-0.4, -0.2) is 58.1 Å². The summed E-state index contributed by atoms with van der Waals surface area (Å²) < 4.78 is 0. The predicted molar refractivity (Wildman–Crippen MR) is 114 cm³/mol. The third-order valence-electron chi connectivity index (χ3n) is 6.35. The molecule has 2 fully saturated rings. The number of rotatable bonds is 6. The Morgan fingerprint density at radius 3 is 2.69 bits per heavy atom. The first-order valence-corrected chi connectivity index (χ1v) is 11.0. The van der Waals surface area contributed by atoms with Crippen LogP contribution in [0, 0.1) is 12.8 Å². The highest BCUT2D eigenvalue weighted by Crippen LogP contribution is 2.24. The third kappa shape index (κ3) is 5.46. The molecule has 0 aliphatic carbocycles. The Kier molecular flexibility index (Phi) is 6.62. The molecule has 1 amide bonds. The van der Waals surface area contributed by atoms with Crippen molar-refractivity contribution in [1.82, 2.24) is 25.3 Å². The lowest BCUT2D eigenvalue weighted by Gasteiger charge is -2.42. The molecule has 2 saturated heterocycles. The number of H-pyrrole nitrogens is 1. The molecule has 1 aromatic carbocycles. The topological polar surface area (TPSA) is 64.3 Å². The highest BCUT2D eigenvalue weighted by atomic mass is 16.1. The van der Waals surface area contributed by atoms with Gasteiger partial charge in [0.25, 0.3) is 0 Å². The van der Waals surface area contributed by atoms with Crippen LogP contribution in [0.15, 0.2) is 36.4 Å². The summed E-state index contributed by atoms with van der Waals surface area (Å²) >= 11 is 0. The molecule has 6 nitrogen and oxygen atoms in total. The van der Waals surface area contributed by atoms with Crippen LogP contribution in [-0.2, 0) is 17.9 Å². The van der Waals surface area contributed by atoms with E-state index < -0.39 is 0 Å². The zero-order valence-corrected chi connectivity index (χ0v) is 17.4. The lowest BCUT2D eigenvalue weighted by atomic mass is 9.93. The maximum atomic E-state index is 12.7. The van der Waals surface area contributed by atoms with Crippen molar-refractivity contribution in [2.75, 3.05) is 26.2 Å². The van der Waals surface area contributed by atoms with Crippen molar-refractivity contribution in [3.63, 3.8) is 0 Å². The van der Waals surface area contributed by atoms with Gasteiger partial charge in [0.05, 0.1) is 18.2 Å². The highest BCUT2D eigenvalue weighted by Gasteiger charge is 2.31. The number of hydrogen-bond donors (Lipinski definition) is 2. The second-order valence-electron chi connectivity index (χ2n) is 8.59. The summed E-state index contributed by atoms with van der Waals surface area (Å²) in [5, 5.41) is 10.2. The average molecular weight is 396 g/mol. The van der Waals surface area contributed by atoms with Gasteiger partial charge in [-0.3, -0.25) is 19.7 Å². The van der Waals surface area contributed by atoms with Crippen molar-refractivity contribution in [1.29, 1.82) is 0 Å². The van der Waals surface area contributed by atoms with E-state index in [2.05, 4.69) is 55.6 Å². The fourth-order valence-electron chi connectivity index (χ4n) is 4.72. The third-order valence-corrected chi connectivity index (χ3v) is 6.35. The molecule has 2 aromatic rings. The summed E-state index contributed by atoms with van der Waals surface area (Å²) in [5.41, 5.74) is 3.32. The fourth-order valence-corrected chi connectivity index (χ4v) is 4.72. The molecule has 2 aliphatic rings. The van der Waals surface area contributed by atoms with E-state index in [0.717, 1.165) is 57.0 Å². The van der Waals surface area contributed by atoms with Gasteiger partial charge in [-0.25, -0.2) is 0 Å². The van der Waals surface area contributed by atoms with E-state index in [1.165, 1.54) is 18.4 Å². The van der Waals surface area contributed by atoms with Gasteiger partial charge in [-0.1, -0.05) is 30.3 Å². The van der Waals surface area contributed by atoms with Crippen molar-refractivity contribution >= 4 is 5.91 Å². The number of amides is 1. The number of benzene rings is 1. The van der Waals surface area contributed by atoms with Gasteiger partial charge in [-0.2, -0.15) is 5.10 Å². The number of carbonyl (C=O) groups excluding carboxylic acids is 1. The van der Waals surface area contributed by atoms with Gasteiger partial charge in [0.1, 0.15) is 0 Å². The summed E-state index contributed by atoms with van der Waals surface area (Å²) in [6.07, 6.45) is 4.51. The van der Waals surface area contributed by atoms with Crippen LogP contribution in [0.2, 0.25) is 0 Å². The largest absolute Gasteiger partial charge is 0.350 e. The van der Waals surface area contributed by atoms with Crippen molar-refractivity contribution < 1.29 is 4.79 Å². The monoisotopic (exact) mass is 395 g/mol. The number of aromatic amines is 1. The Bertz CT molecular complexity index is 782. The molecule has 4 rings (SSSR count). The Hall–Kier alpha value is -2.18. The van der Waals surface area contributed by atoms with Crippen molar-refractivity contribution in [2.24, 2.45) is 5.92 Å². The van der Waals surface area contributed by atoms with Crippen LogP contribution in [0.3, 0.4) is 0 Å². The predicted octanol–water partition coefficient (Wildman–Crippen LogP) is 2.71. The maximum absolute atomic E-state index is 12.7. The number of aryl methyl sites for hydroxylation is 1. The Morgan fingerprint density at radius 1 is 1.17 bits per heavy atom. The van der Waals surface area contributed by atoms with E-state index in [1.54, 1.807) is 0 Å². The van der Waals surface area contributed by atoms with Crippen LogP contribution >= 0.6 is 0 Å². The van der Waals surface area contributed by atoms with Gasteiger partial charge in [0.2, 0.25) is 5.91 Å². The number of aromatic nitrogens is 2.